The van der Waals surface area contributed by atoms with Gasteiger partial charge in [0.2, 0.25) is 15.9 Å². The molecule has 0 fully saturated rings. The second-order valence-corrected chi connectivity index (χ2v) is 6.90. The van der Waals surface area contributed by atoms with Crippen molar-refractivity contribution in [3.63, 3.8) is 0 Å². The minimum absolute atomic E-state index is 0.0492. The first-order chi connectivity index (χ1) is 10.0. The Morgan fingerprint density at radius 1 is 1.36 bits per heavy atom. The standard InChI is InChI=1S/C12H18N4O5S/c1-12(2,13)11(17)14-6-7-15-22(20,21)10-5-3-4-9(8-10)16(18)19/h3-5,8,15H,6-7,13H2,1-2H3,(H,14,17). The van der Waals surface area contributed by atoms with Gasteiger partial charge in [-0.2, -0.15) is 0 Å². The second kappa shape index (κ2) is 6.81. The monoisotopic (exact) mass is 330 g/mol. The maximum absolute atomic E-state index is 12.0. The SMILES string of the molecule is CC(C)(N)C(=O)NCCNS(=O)(=O)c1cccc([N+](=O)[O-])c1. The van der Waals surface area contributed by atoms with Crippen molar-refractivity contribution in [1.29, 1.82) is 0 Å². The molecule has 0 saturated heterocycles. The molecule has 10 heteroatoms. The molecular weight excluding hydrogens is 312 g/mol. The molecule has 0 aliphatic rings. The van der Waals surface area contributed by atoms with E-state index in [0.29, 0.717) is 0 Å². The van der Waals surface area contributed by atoms with Gasteiger partial charge in [0, 0.05) is 25.2 Å². The van der Waals surface area contributed by atoms with Crippen LogP contribution in [-0.2, 0) is 14.8 Å². The highest BCUT2D eigenvalue weighted by molar-refractivity contribution is 7.89. The second-order valence-electron chi connectivity index (χ2n) is 5.13. The fraction of sp³-hybridized carbons (Fsp3) is 0.417. The van der Waals surface area contributed by atoms with Gasteiger partial charge in [-0.25, -0.2) is 13.1 Å². The Labute approximate surface area is 128 Å². The van der Waals surface area contributed by atoms with Crippen LogP contribution in [0.2, 0.25) is 0 Å². The van der Waals surface area contributed by atoms with Gasteiger partial charge in [-0.15, -0.1) is 0 Å². The number of carbonyl (C=O) groups is 1. The van der Waals surface area contributed by atoms with E-state index in [-0.39, 0.29) is 23.7 Å². The molecule has 9 nitrogen and oxygen atoms in total. The summed E-state index contributed by atoms with van der Waals surface area (Å²) in [5, 5.41) is 13.1. The van der Waals surface area contributed by atoms with Crippen LogP contribution in [0.3, 0.4) is 0 Å². The molecule has 22 heavy (non-hydrogen) atoms. The lowest BCUT2D eigenvalue weighted by molar-refractivity contribution is -0.385. The number of carbonyl (C=O) groups excluding carboxylic acids is 1. The molecule has 1 aromatic carbocycles. The molecular formula is C12H18N4O5S. The van der Waals surface area contributed by atoms with Crippen molar-refractivity contribution in [2.24, 2.45) is 5.73 Å². The number of nitrogens with two attached hydrogens (primary N) is 1. The predicted octanol–water partition coefficient (Wildman–Crippen LogP) is -0.273. The van der Waals surface area contributed by atoms with Gasteiger partial charge in [0.25, 0.3) is 5.69 Å². The van der Waals surface area contributed by atoms with Crippen LogP contribution >= 0.6 is 0 Å². The Morgan fingerprint density at radius 3 is 2.55 bits per heavy atom. The molecule has 0 bridgehead atoms. The van der Waals surface area contributed by atoms with E-state index < -0.39 is 26.4 Å². The molecule has 0 aliphatic heterocycles. The van der Waals surface area contributed by atoms with Crippen molar-refractivity contribution in [3.8, 4) is 0 Å². The van der Waals surface area contributed by atoms with Gasteiger partial charge >= 0.3 is 0 Å². The normalized spacial score (nSPS) is 12.0. The first-order valence-electron chi connectivity index (χ1n) is 6.35. The minimum atomic E-state index is -3.89. The summed E-state index contributed by atoms with van der Waals surface area (Å²) < 4.78 is 26.2. The molecule has 0 heterocycles. The van der Waals surface area contributed by atoms with Gasteiger partial charge in [0.05, 0.1) is 15.4 Å². The molecule has 0 unspecified atom stereocenters. The Balaban J connectivity index is 2.64. The van der Waals surface area contributed by atoms with Crippen LogP contribution in [0.1, 0.15) is 13.8 Å². The van der Waals surface area contributed by atoms with Gasteiger partial charge in [0.1, 0.15) is 0 Å². The summed E-state index contributed by atoms with van der Waals surface area (Å²) in [6.45, 7) is 3.03. The number of nitrogens with zero attached hydrogens (tertiary/aromatic N) is 1. The Morgan fingerprint density at radius 2 is 2.00 bits per heavy atom. The summed E-state index contributed by atoms with van der Waals surface area (Å²) in [7, 11) is -3.89. The smallest absolute Gasteiger partial charge is 0.270 e. The number of benzene rings is 1. The molecule has 0 aliphatic carbocycles. The number of nitro groups is 1. The third kappa shape index (κ3) is 5.06. The number of hydrogen-bond donors (Lipinski definition) is 3. The summed E-state index contributed by atoms with van der Waals surface area (Å²) in [5.41, 5.74) is 4.19. The van der Waals surface area contributed by atoms with Crippen molar-refractivity contribution >= 4 is 21.6 Å². The van der Waals surface area contributed by atoms with Crippen LogP contribution in [-0.4, -0.2) is 37.9 Å². The molecule has 122 valence electrons. The van der Waals surface area contributed by atoms with Crippen molar-refractivity contribution in [2.75, 3.05) is 13.1 Å². The summed E-state index contributed by atoms with van der Waals surface area (Å²) in [5.74, 6) is -0.415. The number of nitro benzene ring substituents is 1. The van der Waals surface area contributed by atoms with E-state index in [9.17, 15) is 23.3 Å². The van der Waals surface area contributed by atoms with Gasteiger partial charge in [-0.1, -0.05) is 6.07 Å². The zero-order valence-electron chi connectivity index (χ0n) is 12.2. The van der Waals surface area contributed by atoms with E-state index in [4.69, 9.17) is 5.73 Å². The number of non-ortho nitro benzene ring substituents is 1. The van der Waals surface area contributed by atoms with Gasteiger partial charge in [-0.05, 0) is 19.9 Å². The van der Waals surface area contributed by atoms with Crippen molar-refractivity contribution in [2.45, 2.75) is 24.3 Å². The van der Waals surface area contributed by atoms with Crippen molar-refractivity contribution in [1.82, 2.24) is 10.0 Å². The zero-order valence-corrected chi connectivity index (χ0v) is 13.0. The molecule has 0 radical (unpaired) electrons. The van der Waals surface area contributed by atoms with Crippen LogP contribution < -0.4 is 15.8 Å². The van der Waals surface area contributed by atoms with Crippen molar-refractivity contribution in [3.05, 3.63) is 34.4 Å². The molecule has 1 rings (SSSR count). The fourth-order valence-electron chi connectivity index (χ4n) is 1.44. The molecule has 0 atom stereocenters. The lowest BCUT2D eigenvalue weighted by Crippen LogP contribution is -2.50. The number of sulfonamides is 1. The minimum Gasteiger partial charge on any atom is -0.353 e. The number of nitrogens with one attached hydrogen (secondary N) is 2. The lowest BCUT2D eigenvalue weighted by Gasteiger charge is -2.17. The highest BCUT2D eigenvalue weighted by atomic mass is 32.2. The first kappa shape index (κ1) is 18.0. The van der Waals surface area contributed by atoms with Gasteiger partial charge < -0.3 is 11.1 Å². The van der Waals surface area contributed by atoms with Crippen LogP contribution in [0.15, 0.2) is 29.2 Å². The fourth-order valence-corrected chi connectivity index (χ4v) is 2.51. The van der Waals surface area contributed by atoms with Gasteiger partial charge in [-0.3, -0.25) is 14.9 Å². The van der Waals surface area contributed by atoms with E-state index in [0.717, 1.165) is 6.07 Å². The maximum Gasteiger partial charge on any atom is 0.270 e. The topological polar surface area (TPSA) is 144 Å². The molecule has 1 amide bonds. The average molecular weight is 330 g/mol. The predicted molar refractivity (Wildman–Crippen MR) is 79.6 cm³/mol. The summed E-state index contributed by atoms with van der Waals surface area (Å²) in [6.07, 6.45) is 0. The molecule has 4 N–H and O–H groups in total. The highest BCUT2D eigenvalue weighted by Gasteiger charge is 2.21. The van der Waals surface area contributed by atoms with Crippen LogP contribution in [0.25, 0.3) is 0 Å². The van der Waals surface area contributed by atoms with Crippen molar-refractivity contribution < 1.29 is 18.1 Å². The van der Waals surface area contributed by atoms with Crippen LogP contribution in [0.5, 0.6) is 0 Å². The number of hydrogen-bond acceptors (Lipinski definition) is 6. The molecule has 0 saturated carbocycles. The quantitative estimate of drug-likeness (QED) is 0.356. The summed E-state index contributed by atoms with van der Waals surface area (Å²) in [4.78, 5) is 21.2. The third-order valence-electron chi connectivity index (χ3n) is 2.63. The average Bonchev–Trinajstić information content (AvgIpc) is 2.42. The number of amides is 1. The van der Waals surface area contributed by atoms with Gasteiger partial charge in [0.15, 0.2) is 0 Å². The van der Waals surface area contributed by atoms with E-state index >= 15 is 0 Å². The largest absolute Gasteiger partial charge is 0.353 e. The maximum atomic E-state index is 12.0. The summed E-state index contributed by atoms with van der Waals surface area (Å²) in [6, 6.07) is 4.69. The third-order valence-corrected chi connectivity index (χ3v) is 4.09. The van der Waals surface area contributed by atoms with E-state index in [1.165, 1.54) is 32.0 Å². The van der Waals surface area contributed by atoms with Crippen LogP contribution in [0.4, 0.5) is 5.69 Å². The Kier molecular flexibility index (Phi) is 5.58. The zero-order chi connectivity index (χ0) is 17.0. The summed E-state index contributed by atoms with van der Waals surface area (Å²) >= 11 is 0. The molecule has 0 spiro atoms. The highest BCUT2D eigenvalue weighted by Crippen LogP contribution is 2.16. The van der Waals surface area contributed by atoms with E-state index in [1.54, 1.807) is 0 Å². The lowest BCUT2D eigenvalue weighted by atomic mass is 10.1. The Hall–Kier alpha value is -2.04. The van der Waals surface area contributed by atoms with Crippen LogP contribution in [0, 0.1) is 10.1 Å². The molecule has 0 aromatic heterocycles. The van der Waals surface area contributed by atoms with E-state index in [2.05, 4.69) is 10.0 Å². The first-order valence-corrected chi connectivity index (χ1v) is 7.83. The van der Waals surface area contributed by atoms with E-state index in [1.807, 2.05) is 0 Å². The molecule has 1 aromatic rings. The number of rotatable bonds is 7. The Bertz CT molecular complexity index is 666.